The van der Waals surface area contributed by atoms with Gasteiger partial charge in [-0.15, -0.1) is 0 Å². The van der Waals surface area contributed by atoms with E-state index in [9.17, 15) is 10.1 Å². The van der Waals surface area contributed by atoms with Crippen LogP contribution in [0.5, 0.6) is 0 Å². The third-order valence-corrected chi connectivity index (χ3v) is 3.38. The van der Waals surface area contributed by atoms with Crippen LogP contribution in [0.25, 0.3) is 0 Å². The summed E-state index contributed by atoms with van der Waals surface area (Å²) in [5, 5.41) is 11.1. The molecule has 1 aromatic heterocycles. The van der Waals surface area contributed by atoms with Gasteiger partial charge in [0.1, 0.15) is 11.0 Å². The average molecular weight is 302 g/mol. The highest BCUT2D eigenvalue weighted by Gasteiger charge is 2.20. The van der Waals surface area contributed by atoms with Crippen molar-refractivity contribution in [2.45, 2.75) is 32.7 Å². The molecule has 1 rings (SSSR count). The first-order valence-corrected chi connectivity index (χ1v) is 6.98. The number of halogens is 1. The molecule has 0 N–H and O–H groups in total. The molecule has 7 heteroatoms. The largest absolute Gasteiger partial charge is 0.383 e. The molecule has 0 spiro atoms. The first-order chi connectivity index (χ1) is 9.53. The van der Waals surface area contributed by atoms with Crippen LogP contribution < -0.4 is 4.90 Å². The Morgan fingerprint density at radius 3 is 2.60 bits per heavy atom. The molecular weight excluding hydrogens is 282 g/mol. The van der Waals surface area contributed by atoms with Crippen LogP contribution in [0.15, 0.2) is 12.1 Å². The number of pyridine rings is 1. The molecule has 0 radical (unpaired) electrons. The fourth-order valence-electron chi connectivity index (χ4n) is 2.13. The molecular formula is C13H20ClN3O3. The zero-order chi connectivity index (χ0) is 15.1. The van der Waals surface area contributed by atoms with Gasteiger partial charge in [-0.25, -0.2) is 4.98 Å². The lowest BCUT2D eigenvalue weighted by Crippen LogP contribution is -2.37. The highest BCUT2D eigenvalue weighted by molar-refractivity contribution is 6.29. The van der Waals surface area contributed by atoms with Crippen molar-refractivity contribution in [1.82, 2.24) is 4.98 Å². The van der Waals surface area contributed by atoms with Gasteiger partial charge in [-0.2, -0.15) is 0 Å². The lowest BCUT2D eigenvalue weighted by Gasteiger charge is -2.31. The molecule has 0 bridgehead atoms. The molecule has 0 aliphatic carbocycles. The highest BCUT2D eigenvalue weighted by atomic mass is 35.5. The average Bonchev–Trinajstić information content (AvgIpc) is 2.42. The zero-order valence-electron chi connectivity index (χ0n) is 12.0. The SMILES string of the molecule is CCC(CC)N(CCOC)c1cc([N+](=O)[O-])cc(Cl)n1. The van der Waals surface area contributed by atoms with E-state index in [1.54, 1.807) is 7.11 Å². The summed E-state index contributed by atoms with van der Waals surface area (Å²) in [5.74, 6) is 0.523. The minimum Gasteiger partial charge on any atom is -0.383 e. The highest BCUT2D eigenvalue weighted by Crippen LogP contribution is 2.26. The molecule has 0 saturated heterocycles. The van der Waals surface area contributed by atoms with Gasteiger partial charge in [0.25, 0.3) is 5.69 Å². The predicted octanol–water partition coefficient (Wildman–Crippen LogP) is 3.28. The van der Waals surface area contributed by atoms with Gasteiger partial charge in [-0.05, 0) is 12.8 Å². The Kier molecular flexibility index (Phi) is 6.67. The van der Waals surface area contributed by atoms with Gasteiger partial charge < -0.3 is 9.64 Å². The van der Waals surface area contributed by atoms with Gasteiger partial charge in [-0.3, -0.25) is 10.1 Å². The summed E-state index contributed by atoms with van der Waals surface area (Å²) in [4.78, 5) is 16.7. The van der Waals surface area contributed by atoms with Crippen LogP contribution >= 0.6 is 11.6 Å². The minimum atomic E-state index is -0.460. The van der Waals surface area contributed by atoms with Crippen LogP contribution in [-0.2, 0) is 4.74 Å². The summed E-state index contributed by atoms with van der Waals surface area (Å²) in [5.41, 5.74) is -0.0478. The Balaban J connectivity index is 3.14. The van der Waals surface area contributed by atoms with Crippen molar-refractivity contribution in [1.29, 1.82) is 0 Å². The number of ether oxygens (including phenoxy) is 1. The monoisotopic (exact) mass is 301 g/mol. The molecule has 0 amide bonds. The van der Waals surface area contributed by atoms with Crippen LogP contribution in [0.1, 0.15) is 26.7 Å². The molecule has 0 saturated carbocycles. The zero-order valence-corrected chi connectivity index (χ0v) is 12.8. The molecule has 0 atom stereocenters. The van der Waals surface area contributed by atoms with E-state index >= 15 is 0 Å². The van der Waals surface area contributed by atoms with Crippen LogP contribution in [0.2, 0.25) is 5.15 Å². The second-order valence-corrected chi connectivity index (χ2v) is 4.81. The van der Waals surface area contributed by atoms with E-state index in [-0.39, 0.29) is 16.9 Å². The van der Waals surface area contributed by atoms with Crippen molar-refractivity contribution < 1.29 is 9.66 Å². The number of rotatable bonds is 8. The van der Waals surface area contributed by atoms with E-state index in [2.05, 4.69) is 18.8 Å². The minimum absolute atomic E-state index is 0.0478. The summed E-state index contributed by atoms with van der Waals surface area (Å²) in [6, 6.07) is 2.96. The third kappa shape index (κ3) is 4.31. The molecule has 112 valence electrons. The molecule has 0 unspecified atom stereocenters. The van der Waals surface area contributed by atoms with Crippen LogP contribution in [0.4, 0.5) is 11.5 Å². The number of anilines is 1. The maximum absolute atomic E-state index is 10.9. The van der Waals surface area contributed by atoms with E-state index < -0.39 is 4.92 Å². The van der Waals surface area contributed by atoms with E-state index in [1.807, 2.05) is 4.90 Å². The maximum atomic E-state index is 10.9. The standard InChI is InChI=1S/C13H20ClN3O3/c1-4-10(5-2)16(6-7-20-3)13-9-11(17(18)19)8-12(14)15-13/h8-10H,4-7H2,1-3H3. The van der Waals surface area contributed by atoms with E-state index in [0.717, 1.165) is 12.8 Å². The quantitative estimate of drug-likeness (QED) is 0.419. The van der Waals surface area contributed by atoms with Crippen molar-refractivity contribution >= 4 is 23.1 Å². The van der Waals surface area contributed by atoms with Crippen LogP contribution in [0, 0.1) is 10.1 Å². The topological polar surface area (TPSA) is 68.5 Å². The second kappa shape index (κ2) is 8.01. The molecule has 0 aliphatic rings. The van der Waals surface area contributed by atoms with Gasteiger partial charge in [0.15, 0.2) is 0 Å². The molecule has 0 aromatic carbocycles. The third-order valence-electron chi connectivity index (χ3n) is 3.19. The van der Waals surface area contributed by atoms with Gasteiger partial charge in [-0.1, -0.05) is 25.4 Å². The molecule has 0 aliphatic heterocycles. The first-order valence-electron chi connectivity index (χ1n) is 6.61. The van der Waals surface area contributed by atoms with Gasteiger partial charge in [0.2, 0.25) is 0 Å². The Labute approximate surface area is 123 Å². The smallest absolute Gasteiger partial charge is 0.276 e. The normalized spacial score (nSPS) is 10.8. The number of methoxy groups -OCH3 is 1. The number of nitro groups is 1. The summed E-state index contributed by atoms with van der Waals surface area (Å²) < 4.78 is 5.10. The number of nitrogens with zero attached hydrogens (tertiary/aromatic N) is 3. The van der Waals surface area contributed by atoms with Gasteiger partial charge in [0, 0.05) is 19.7 Å². The Morgan fingerprint density at radius 1 is 1.45 bits per heavy atom. The Hall–Kier alpha value is -1.40. The molecule has 20 heavy (non-hydrogen) atoms. The van der Waals surface area contributed by atoms with Crippen molar-refractivity contribution in [3.8, 4) is 0 Å². The summed E-state index contributed by atoms with van der Waals surface area (Å²) in [6.45, 7) is 5.30. The Morgan fingerprint density at radius 2 is 2.10 bits per heavy atom. The van der Waals surface area contributed by atoms with Gasteiger partial charge in [0.05, 0.1) is 23.7 Å². The second-order valence-electron chi connectivity index (χ2n) is 4.42. The lowest BCUT2D eigenvalue weighted by atomic mass is 10.1. The van der Waals surface area contributed by atoms with Crippen molar-refractivity contribution in [3.63, 3.8) is 0 Å². The molecule has 0 fully saturated rings. The molecule has 1 heterocycles. The number of aromatic nitrogens is 1. The van der Waals surface area contributed by atoms with Crippen molar-refractivity contribution in [2.75, 3.05) is 25.2 Å². The fourth-order valence-corrected chi connectivity index (χ4v) is 2.32. The number of hydrogen-bond acceptors (Lipinski definition) is 5. The first kappa shape index (κ1) is 16.7. The summed E-state index contributed by atoms with van der Waals surface area (Å²) in [7, 11) is 1.62. The predicted molar refractivity (Wildman–Crippen MR) is 79.5 cm³/mol. The lowest BCUT2D eigenvalue weighted by molar-refractivity contribution is -0.384. The van der Waals surface area contributed by atoms with Gasteiger partial charge >= 0.3 is 0 Å². The van der Waals surface area contributed by atoms with E-state index in [1.165, 1.54) is 12.1 Å². The summed E-state index contributed by atoms with van der Waals surface area (Å²) >= 11 is 5.89. The van der Waals surface area contributed by atoms with E-state index in [4.69, 9.17) is 16.3 Å². The van der Waals surface area contributed by atoms with Crippen molar-refractivity contribution in [2.24, 2.45) is 0 Å². The summed E-state index contributed by atoms with van der Waals surface area (Å²) in [6.07, 6.45) is 1.84. The number of hydrogen-bond donors (Lipinski definition) is 0. The van der Waals surface area contributed by atoms with Crippen LogP contribution in [-0.4, -0.2) is 36.2 Å². The van der Waals surface area contributed by atoms with Crippen molar-refractivity contribution in [3.05, 3.63) is 27.4 Å². The molecule has 6 nitrogen and oxygen atoms in total. The maximum Gasteiger partial charge on any atom is 0.276 e. The van der Waals surface area contributed by atoms with Crippen LogP contribution in [0.3, 0.4) is 0 Å². The van der Waals surface area contributed by atoms with E-state index in [0.29, 0.717) is 19.0 Å². The Bertz CT molecular complexity index is 452. The molecule has 1 aromatic rings. The fraction of sp³-hybridized carbons (Fsp3) is 0.615.